The van der Waals surface area contributed by atoms with Crippen molar-refractivity contribution in [2.75, 3.05) is 36.4 Å². The predicted molar refractivity (Wildman–Crippen MR) is 112 cm³/mol. The third kappa shape index (κ3) is 3.56. The predicted octanol–water partition coefficient (Wildman–Crippen LogP) is 1.39. The molecule has 0 spiro atoms. The van der Waals surface area contributed by atoms with Crippen LogP contribution in [0.1, 0.15) is 22.8 Å². The monoisotopic (exact) mass is 393 g/mol. The molecule has 0 atom stereocenters. The Kier molecular flexibility index (Phi) is 4.98. The van der Waals surface area contributed by atoms with E-state index < -0.39 is 0 Å². The van der Waals surface area contributed by atoms with Crippen LogP contribution in [0, 0.1) is 6.92 Å². The third-order valence-electron chi connectivity index (χ3n) is 5.21. The van der Waals surface area contributed by atoms with E-state index in [-0.39, 0.29) is 16.9 Å². The molecular formula is C20H23N7O2. The number of carbonyl (C=O) groups is 1. The van der Waals surface area contributed by atoms with E-state index in [4.69, 9.17) is 0 Å². The minimum atomic E-state index is -0.356. The molecule has 0 bridgehead atoms. The lowest BCUT2D eigenvalue weighted by Crippen LogP contribution is -2.43. The summed E-state index contributed by atoms with van der Waals surface area (Å²) >= 11 is 0. The molecule has 150 valence electrons. The number of ketones is 1. The molecule has 0 aromatic carbocycles. The van der Waals surface area contributed by atoms with E-state index in [0.717, 1.165) is 31.9 Å². The fraction of sp³-hybridized carbons (Fsp3) is 0.350. The molecule has 0 radical (unpaired) electrons. The fourth-order valence-electron chi connectivity index (χ4n) is 3.61. The van der Waals surface area contributed by atoms with Crippen molar-refractivity contribution in [1.29, 1.82) is 0 Å². The largest absolute Gasteiger partial charge is 0.368 e. The molecule has 9 nitrogen and oxygen atoms in total. The average molecular weight is 393 g/mol. The fourth-order valence-corrected chi connectivity index (χ4v) is 3.61. The van der Waals surface area contributed by atoms with Gasteiger partial charge in [-0.15, -0.1) is 0 Å². The molecule has 1 fully saturated rings. The number of aromatic nitrogens is 4. The number of nitrogens with zero attached hydrogens (tertiary/aromatic N) is 5. The standard InChI is InChI=1S/C20H23N7O2/c1-12-15-11-23-20(25-18(15)26(3)19(29)17(12)13(2)28)24-16-5-4-14(10-22-16)27-8-6-21-7-9-27/h4-5,10-11,21H,6-9H2,1-3H3,(H,22,23,24,25). The minimum Gasteiger partial charge on any atom is -0.368 e. The van der Waals surface area contributed by atoms with Crippen LogP contribution in [0.25, 0.3) is 11.0 Å². The Labute approximate surface area is 167 Å². The molecule has 2 N–H and O–H groups in total. The Morgan fingerprint density at radius 1 is 1.17 bits per heavy atom. The van der Waals surface area contributed by atoms with Gasteiger partial charge in [0.2, 0.25) is 5.95 Å². The minimum absolute atomic E-state index is 0.175. The number of nitrogens with one attached hydrogen (secondary N) is 2. The highest BCUT2D eigenvalue weighted by molar-refractivity contribution is 5.99. The molecule has 9 heteroatoms. The van der Waals surface area contributed by atoms with Crippen LogP contribution in [-0.4, -0.2) is 51.5 Å². The van der Waals surface area contributed by atoms with Gasteiger partial charge in [0.15, 0.2) is 5.78 Å². The summed E-state index contributed by atoms with van der Waals surface area (Å²) in [5, 5.41) is 7.09. The van der Waals surface area contributed by atoms with Gasteiger partial charge in [-0.3, -0.25) is 14.2 Å². The molecule has 0 amide bonds. The number of Topliss-reactive ketones (excluding diaryl/α,β-unsaturated/α-hetero) is 1. The molecule has 0 unspecified atom stereocenters. The summed E-state index contributed by atoms with van der Waals surface area (Å²) in [6.07, 6.45) is 3.45. The topological polar surface area (TPSA) is 105 Å². The van der Waals surface area contributed by atoms with Crippen molar-refractivity contribution >= 4 is 34.3 Å². The second-order valence-electron chi connectivity index (χ2n) is 7.11. The molecule has 4 rings (SSSR count). The van der Waals surface area contributed by atoms with E-state index in [9.17, 15) is 9.59 Å². The van der Waals surface area contributed by atoms with Gasteiger partial charge in [0.05, 0.1) is 17.4 Å². The molecule has 4 heterocycles. The Bertz CT molecular complexity index is 1130. The van der Waals surface area contributed by atoms with Crippen molar-refractivity contribution in [1.82, 2.24) is 24.8 Å². The maximum absolute atomic E-state index is 12.5. The number of hydrogen-bond donors (Lipinski definition) is 2. The van der Waals surface area contributed by atoms with E-state index in [2.05, 4.69) is 30.5 Å². The Balaban J connectivity index is 1.63. The van der Waals surface area contributed by atoms with Gasteiger partial charge in [0.25, 0.3) is 5.56 Å². The summed E-state index contributed by atoms with van der Waals surface area (Å²) < 4.78 is 1.38. The zero-order valence-corrected chi connectivity index (χ0v) is 16.7. The van der Waals surface area contributed by atoms with Crippen molar-refractivity contribution in [2.24, 2.45) is 7.05 Å². The lowest BCUT2D eigenvalue weighted by Gasteiger charge is -2.29. The van der Waals surface area contributed by atoms with Gasteiger partial charge >= 0.3 is 0 Å². The first-order chi connectivity index (χ1) is 14.0. The summed E-state index contributed by atoms with van der Waals surface area (Å²) in [5.74, 6) is 0.691. The van der Waals surface area contributed by atoms with E-state index in [0.29, 0.717) is 28.4 Å². The first kappa shape index (κ1) is 19.0. The molecule has 1 aliphatic rings. The van der Waals surface area contributed by atoms with Gasteiger partial charge in [-0.25, -0.2) is 9.97 Å². The number of aryl methyl sites for hydroxylation is 2. The molecule has 3 aromatic heterocycles. The average Bonchev–Trinajstić information content (AvgIpc) is 2.73. The van der Waals surface area contributed by atoms with Gasteiger partial charge < -0.3 is 15.5 Å². The first-order valence-corrected chi connectivity index (χ1v) is 9.51. The molecule has 0 aliphatic carbocycles. The van der Waals surface area contributed by atoms with E-state index >= 15 is 0 Å². The maximum Gasteiger partial charge on any atom is 0.263 e. The zero-order chi connectivity index (χ0) is 20.5. The SMILES string of the molecule is CC(=O)c1c(C)c2cnc(Nc3ccc(N4CCNCC4)cn3)nc2n(C)c1=O. The third-order valence-corrected chi connectivity index (χ3v) is 5.21. The van der Waals surface area contributed by atoms with Gasteiger partial charge in [-0.1, -0.05) is 0 Å². The second kappa shape index (κ2) is 7.59. The highest BCUT2D eigenvalue weighted by atomic mass is 16.1. The van der Waals surface area contributed by atoms with Crippen LogP contribution in [0.2, 0.25) is 0 Å². The summed E-state index contributed by atoms with van der Waals surface area (Å²) in [5.41, 5.74) is 1.96. The molecule has 0 saturated carbocycles. The van der Waals surface area contributed by atoms with Crippen LogP contribution in [0.4, 0.5) is 17.5 Å². The van der Waals surface area contributed by atoms with Gasteiger partial charge in [-0.05, 0) is 31.5 Å². The summed E-state index contributed by atoms with van der Waals surface area (Å²) in [6, 6.07) is 3.90. The van der Waals surface area contributed by atoms with E-state index in [1.165, 1.54) is 11.5 Å². The van der Waals surface area contributed by atoms with Crippen LogP contribution in [0.5, 0.6) is 0 Å². The van der Waals surface area contributed by atoms with E-state index in [1.54, 1.807) is 20.2 Å². The zero-order valence-electron chi connectivity index (χ0n) is 16.7. The Morgan fingerprint density at radius 3 is 2.59 bits per heavy atom. The summed E-state index contributed by atoms with van der Waals surface area (Å²) in [7, 11) is 1.61. The van der Waals surface area contributed by atoms with Crippen LogP contribution < -0.4 is 21.1 Å². The molecule has 1 saturated heterocycles. The summed E-state index contributed by atoms with van der Waals surface area (Å²) in [4.78, 5) is 39.9. The molecule has 3 aromatic rings. The van der Waals surface area contributed by atoms with Gasteiger partial charge in [0, 0.05) is 44.8 Å². The Hall–Kier alpha value is -3.33. The molecular weight excluding hydrogens is 370 g/mol. The van der Waals surface area contributed by atoms with Crippen LogP contribution >= 0.6 is 0 Å². The smallest absolute Gasteiger partial charge is 0.263 e. The number of fused-ring (bicyclic) bond motifs is 1. The van der Waals surface area contributed by atoms with Crippen molar-refractivity contribution in [3.63, 3.8) is 0 Å². The first-order valence-electron chi connectivity index (χ1n) is 9.51. The van der Waals surface area contributed by atoms with Gasteiger partial charge in [0.1, 0.15) is 11.5 Å². The summed E-state index contributed by atoms with van der Waals surface area (Å²) in [6.45, 7) is 6.98. The number of carbonyl (C=O) groups excluding carboxylic acids is 1. The molecule has 29 heavy (non-hydrogen) atoms. The van der Waals surface area contributed by atoms with E-state index in [1.807, 2.05) is 18.3 Å². The quantitative estimate of drug-likeness (QED) is 0.641. The molecule has 1 aliphatic heterocycles. The number of anilines is 3. The van der Waals surface area contributed by atoms with Crippen molar-refractivity contribution in [3.05, 3.63) is 46.0 Å². The van der Waals surface area contributed by atoms with Crippen molar-refractivity contribution in [3.8, 4) is 0 Å². The highest BCUT2D eigenvalue weighted by Crippen LogP contribution is 2.21. The number of pyridine rings is 2. The number of piperazine rings is 1. The lowest BCUT2D eigenvalue weighted by molar-refractivity contribution is 0.101. The highest BCUT2D eigenvalue weighted by Gasteiger charge is 2.17. The van der Waals surface area contributed by atoms with Crippen molar-refractivity contribution in [2.45, 2.75) is 13.8 Å². The van der Waals surface area contributed by atoms with Crippen molar-refractivity contribution < 1.29 is 4.79 Å². The van der Waals surface area contributed by atoms with Crippen LogP contribution in [0.3, 0.4) is 0 Å². The van der Waals surface area contributed by atoms with Crippen LogP contribution in [0.15, 0.2) is 29.3 Å². The Morgan fingerprint density at radius 2 is 1.93 bits per heavy atom. The van der Waals surface area contributed by atoms with Gasteiger partial charge in [-0.2, -0.15) is 4.98 Å². The second-order valence-corrected chi connectivity index (χ2v) is 7.11. The number of hydrogen-bond acceptors (Lipinski definition) is 8. The lowest BCUT2D eigenvalue weighted by atomic mass is 10.0. The van der Waals surface area contributed by atoms with Crippen LogP contribution in [-0.2, 0) is 7.05 Å². The normalized spacial score (nSPS) is 14.2. The maximum atomic E-state index is 12.5. The number of rotatable bonds is 4.